The maximum absolute atomic E-state index is 13.3. The van der Waals surface area contributed by atoms with E-state index in [-0.39, 0.29) is 11.3 Å². The van der Waals surface area contributed by atoms with Gasteiger partial charge in [-0.25, -0.2) is 26.8 Å². The fourth-order valence-corrected chi connectivity index (χ4v) is 3.13. The Hall–Kier alpha value is -3.54. The minimum atomic E-state index is -4.27. The number of halogens is 2. The Morgan fingerprint density at radius 3 is 2.38 bits per heavy atom. The van der Waals surface area contributed by atoms with Crippen molar-refractivity contribution < 1.29 is 36.3 Å². The van der Waals surface area contributed by atoms with Crippen LogP contribution in [0, 0.1) is 11.6 Å². The highest BCUT2D eigenvalue weighted by Gasteiger charge is 2.21. The maximum Gasteiger partial charge on any atom is 0.338 e. The van der Waals surface area contributed by atoms with Crippen LogP contribution in [0.25, 0.3) is 0 Å². The van der Waals surface area contributed by atoms with Crippen LogP contribution in [0.2, 0.25) is 0 Å². The van der Waals surface area contributed by atoms with Crippen LogP contribution in [0.4, 0.5) is 19.3 Å². The normalized spacial score (nSPS) is 12.0. The maximum atomic E-state index is 13.3. The molecule has 9 nitrogen and oxygen atoms in total. The summed E-state index contributed by atoms with van der Waals surface area (Å²) in [4.78, 5) is 33.8. The quantitative estimate of drug-likeness (QED) is 0.596. The van der Waals surface area contributed by atoms with E-state index >= 15 is 0 Å². The smallest absolute Gasteiger partial charge is 0.338 e. The molecular formula is C17H15F2N3O6S. The molecule has 0 radical (unpaired) electrons. The molecule has 12 heteroatoms. The zero-order valence-electron chi connectivity index (χ0n) is 14.8. The first kappa shape index (κ1) is 21.8. The number of hydrogen-bond acceptors (Lipinski definition) is 6. The number of esters is 1. The fraction of sp³-hybridized carbons (Fsp3) is 0.118. The lowest BCUT2D eigenvalue weighted by molar-refractivity contribution is -0.127. The predicted octanol–water partition coefficient (Wildman–Crippen LogP) is 1.51. The van der Waals surface area contributed by atoms with E-state index in [0.29, 0.717) is 12.1 Å². The lowest BCUT2D eigenvalue weighted by atomic mass is 10.2. The molecule has 0 aliphatic heterocycles. The van der Waals surface area contributed by atoms with Crippen LogP contribution in [0.15, 0.2) is 47.4 Å². The van der Waals surface area contributed by atoms with Crippen molar-refractivity contribution in [1.29, 1.82) is 0 Å². The summed E-state index contributed by atoms with van der Waals surface area (Å²) in [5.41, 5.74) is 4.61. The minimum absolute atomic E-state index is 0.0709. The van der Waals surface area contributed by atoms with Crippen LogP contribution in [-0.4, -0.2) is 32.4 Å². The number of carbonyl (C=O) groups excluding carboxylic acids is 3. The number of amides is 3. The highest BCUT2D eigenvalue weighted by atomic mass is 32.2. The van der Waals surface area contributed by atoms with E-state index in [2.05, 4.69) is 4.72 Å². The highest BCUT2D eigenvalue weighted by molar-refractivity contribution is 7.92. The van der Waals surface area contributed by atoms with Gasteiger partial charge >= 0.3 is 12.0 Å². The molecule has 0 aliphatic carbocycles. The number of imide groups is 1. The molecule has 0 bridgehead atoms. The Morgan fingerprint density at radius 1 is 1.07 bits per heavy atom. The molecule has 0 aliphatic rings. The number of anilines is 1. The van der Waals surface area contributed by atoms with Gasteiger partial charge in [0.2, 0.25) is 0 Å². The third-order valence-electron chi connectivity index (χ3n) is 3.45. The van der Waals surface area contributed by atoms with Crippen molar-refractivity contribution in [2.75, 3.05) is 4.72 Å². The first-order valence-electron chi connectivity index (χ1n) is 7.89. The molecule has 4 N–H and O–H groups in total. The standard InChI is InChI=1S/C17H15F2N3O6S/c1-9(15(23)21-17(20)25)28-16(24)10-3-2-4-11(7-10)22-29(26,27)12-5-6-13(18)14(19)8-12/h2-9,22H,1H3,(H3,20,21,23,25). The zero-order chi connectivity index (χ0) is 21.8. The molecule has 0 heterocycles. The van der Waals surface area contributed by atoms with Crippen LogP contribution in [0.3, 0.4) is 0 Å². The number of nitrogens with one attached hydrogen (secondary N) is 2. The molecular weight excluding hydrogens is 412 g/mol. The molecule has 1 atom stereocenters. The van der Waals surface area contributed by atoms with Crippen molar-refractivity contribution in [3.63, 3.8) is 0 Å². The molecule has 0 fully saturated rings. The van der Waals surface area contributed by atoms with Crippen LogP contribution < -0.4 is 15.8 Å². The number of ether oxygens (including phenoxy) is 1. The molecule has 0 aromatic heterocycles. The van der Waals surface area contributed by atoms with E-state index in [1.165, 1.54) is 25.1 Å². The van der Waals surface area contributed by atoms with Crippen molar-refractivity contribution in [1.82, 2.24) is 5.32 Å². The summed E-state index contributed by atoms with van der Waals surface area (Å²) in [6.45, 7) is 1.20. The van der Waals surface area contributed by atoms with Gasteiger partial charge < -0.3 is 10.5 Å². The van der Waals surface area contributed by atoms with Crippen molar-refractivity contribution in [2.24, 2.45) is 5.73 Å². The Kier molecular flexibility index (Phi) is 6.49. The molecule has 3 amide bonds. The lowest BCUT2D eigenvalue weighted by Crippen LogP contribution is -2.42. The molecule has 2 rings (SSSR count). The van der Waals surface area contributed by atoms with Gasteiger partial charge in [-0.15, -0.1) is 0 Å². The second kappa shape index (κ2) is 8.65. The van der Waals surface area contributed by atoms with Crippen LogP contribution >= 0.6 is 0 Å². The molecule has 0 saturated carbocycles. The van der Waals surface area contributed by atoms with Gasteiger partial charge in [0.05, 0.1) is 10.5 Å². The number of rotatable bonds is 6. The largest absolute Gasteiger partial charge is 0.449 e. The van der Waals surface area contributed by atoms with Crippen molar-refractivity contribution in [3.8, 4) is 0 Å². The van der Waals surface area contributed by atoms with Crippen LogP contribution in [-0.2, 0) is 19.6 Å². The number of benzene rings is 2. The predicted molar refractivity (Wildman–Crippen MR) is 96.2 cm³/mol. The van der Waals surface area contributed by atoms with E-state index in [4.69, 9.17) is 10.5 Å². The van der Waals surface area contributed by atoms with Gasteiger partial charge in [0, 0.05) is 5.69 Å². The van der Waals surface area contributed by atoms with Gasteiger partial charge in [0.1, 0.15) is 0 Å². The van der Waals surface area contributed by atoms with Gasteiger partial charge in [-0.05, 0) is 43.3 Å². The second-order valence-electron chi connectivity index (χ2n) is 5.66. The van der Waals surface area contributed by atoms with E-state index in [0.717, 1.165) is 12.1 Å². The summed E-state index contributed by atoms with van der Waals surface area (Å²) in [5.74, 6) is -4.47. The van der Waals surface area contributed by atoms with Crippen molar-refractivity contribution >= 4 is 33.6 Å². The number of sulfonamides is 1. The second-order valence-corrected chi connectivity index (χ2v) is 7.35. The number of nitrogens with two attached hydrogens (primary N) is 1. The fourth-order valence-electron chi connectivity index (χ4n) is 2.07. The van der Waals surface area contributed by atoms with E-state index < -0.39 is 50.6 Å². The Labute approximate surface area is 163 Å². The first-order valence-corrected chi connectivity index (χ1v) is 9.37. The first-order chi connectivity index (χ1) is 13.5. The molecule has 2 aromatic carbocycles. The Morgan fingerprint density at radius 2 is 1.76 bits per heavy atom. The third-order valence-corrected chi connectivity index (χ3v) is 4.83. The van der Waals surface area contributed by atoms with Gasteiger partial charge in [0.25, 0.3) is 15.9 Å². The van der Waals surface area contributed by atoms with Gasteiger partial charge in [-0.3, -0.25) is 14.8 Å². The van der Waals surface area contributed by atoms with Crippen LogP contribution in [0.5, 0.6) is 0 Å². The summed E-state index contributed by atoms with van der Waals surface area (Å²) >= 11 is 0. The van der Waals surface area contributed by atoms with Gasteiger partial charge in [0.15, 0.2) is 17.7 Å². The molecule has 29 heavy (non-hydrogen) atoms. The number of urea groups is 1. The topological polar surface area (TPSA) is 145 Å². The minimum Gasteiger partial charge on any atom is -0.449 e. The van der Waals surface area contributed by atoms with E-state index in [1.807, 2.05) is 0 Å². The Balaban J connectivity index is 2.16. The molecule has 154 valence electrons. The molecule has 0 spiro atoms. The van der Waals surface area contributed by atoms with Crippen molar-refractivity contribution in [2.45, 2.75) is 17.9 Å². The van der Waals surface area contributed by atoms with E-state index in [9.17, 15) is 31.6 Å². The lowest BCUT2D eigenvalue weighted by Gasteiger charge is -2.13. The summed E-state index contributed by atoms with van der Waals surface area (Å²) < 4.78 is 57.9. The Bertz CT molecular complexity index is 1070. The molecule has 0 saturated heterocycles. The number of hydrogen-bond donors (Lipinski definition) is 3. The average Bonchev–Trinajstić information content (AvgIpc) is 2.63. The monoisotopic (exact) mass is 427 g/mol. The summed E-state index contributed by atoms with van der Waals surface area (Å²) in [5, 5.41) is 1.74. The molecule has 2 aromatic rings. The van der Waals surface area contributed by atoms with Crippen molar-refractivity contribution in [3.05, 3.63) is 59.7 Å². The van der Waals surface area contributed by atoms with Gasteiger partial charge in [-0.2, -0.15) is 0 Å². The number of primary amides is 1. The van der Waals surface area contributed by atoms with E-state index in [1.54, 1.807) is 5.32 Å². The average molecular weight is 427 g/mol. The zero-order valence-corrected chi connectivity index (χ0v) is 15.6. The summed E-state index contributed by atoms with van der Waals surface area (Å²) in [7, 11) is -4.27. The number of carbonyl (C=O) groups is 3. The summed E-state index contributed by atoms with van der Waals surface area (Å²) in [6.07, 6.45) is -1.35. The third kappa shape index (κ3) is 5.72. The van der Waals surface area contributed by atoms with Gasteiger partial charge in [-0.1, -0.05) is 6.07 Å². The molecule has 1 unspecified atom stereocenters. The van der Waals surface area contributed by atoms with Crippen LogP contribution in [0.1, 0.15) is 17.3 Å². The SMILES string of the molecule is CC(OC(=O)c1cccc(NS(=O)(=O)c2ccc(F)c(F)c2)c1)C(=O)NC(N)=O. The summed E-state index contributed by atoms with van der Waals surface area (Å²) in [6, 6.07) is 5.95. The highest BCUT2D eigenvalue weighted by Crippen LogP contribution is 2.19.